The van der Waals surface area contributed by atoms with Crippen molar-refractivity contribution in [3.8, 4) is 0 Å². The van der Waals surface area contributed by atoms with Gasteiger partial charge in [-0.1, -0.05) is 32.4 Å². The van der Waals surface area contributed by atoms with E-state index in [-0.39, 0.29) is 5.54 Å². The second kappa shape index (κ2) is 8.81. The molecule has 3 nitrogen and oxygen atoms in total. The van der Waals surface area contributed by atoms with Crippen LogP contribution in [0.2, 0.25) is 0 Å². The number of ether oxygens (including phenoxy) is 1. The zero-order chi connectivity index (χ0) is 15.0. The van der Waals surface area contributed by atoms with E-state index in [0.29, 0.717) is 25.0 Å². The Hall–Kier alpha value is -0.380. The number of aliphatic hydroxyl groups excluding tert-OH is 1. The Labute approximate surface area is 124 Å². The van der Waals surface area contributed by atoms with Crippen LogP contribution in [0.3, 0.4) is 0 Å². The molecular weight excluding hydrogens is 250 g/mol. The van der Waals surface area contributed by atoms with Gasteiger partial charge < -0.3 is 15.2 Å². The lowest BCUT2D eigenvalue weighted by Gasteiger charge is -2.28. The summed E-state index contributed by atoms with van der Waals surface area (Å²) in [5.74, 6) is 1.30. The minimum Gasteiger partial charge on any atom is -0.389 e. The first kappa shape index (κ1) is 17.7. The topological polar surface area (TPSA) is 41.5 Å². The predicted molar refractivity (Wildman–Crippen MR) is 84.8 cm³/mol. The van der Waals surface area contributed by atoms with E-state index in [1.807, 2.05) is 0 Å². The van der Waals surface area contributed by atoms with Crippen molar-refractivity contribution in [2.75, 3.05) is 19.8 Å². The highest BCUT2D eigenvalue weighted by molar-refractivity contribution is 4.93. The van der Waals surface area contributed by atoms with Crippen molar-refractivity contribution in [3.63, 3.8) is 0 Å². The van der Waals surface area contributed by atoms with E-state index in [1.165, 1.54) is 0 Å². The van der Waals surface area contributed by atoms with Crippen LogP contribution in [-0.2, 0) is 4.74 Å². The lowest BCUT2D eigenvalue weighted by molar-refractivity contribution is 0.0103. The van der Waals surface area contributed by atoms with Gasteiger partial charge in [-0.05, 0) is 44.9 Å². The van der Waals surface area contributed by atoms with Crippen molar-refractivity contribution in [1.82, 2.24) is 5.32 Å². The molecule has 0 fully saturated rings. The molecule has 0 saturated heterocycles. The third kappa shape index (κ3) is 6.87. The van der Waals surface area contributed by atoms with Crippen LogP contribution in [0.4, 0.5) is 0 Å². The molecule has 20 heavy (non-hydrogen) atoms. The van der Waals surface area contributed by atoms with Crippen LogP contribution >= 0.6 is 0 Å². The molecule has 0 saturated carbocycles. The Morgan fingerprint density at radius 3 is 2.70 bits per heavy atom. The quantitative estimate of drug-likeness (QED) is 0.639. The number of aliphatic hydroxyl groups is 1. The summed E-state index contributed by atoms with van der Waals surface area (Å²) in [6.07, 6.45) is 8.63. The first-order valence-corrected chi connectivity index (χ1v) is 8.10. The highest BCUT2D eigenvalue weighted by Crippen LogP contribution is 2.25. The van der Waals surface area contributed by atoms with Crippen molar-refractivity contribution >= 4 is 0 Å². The second-order valence-corrected chi connectivity index (χ2v) is 6.89. The summed E-state index contributed by atoms with van der Waals surface area (Å²) in [6, 6.07) is 0. The van der Waals surface area contributed by atoms with Gasteiger partial charge in [-0.3, -0.25) is 0 Å². The van der Waals surface area contributed by atoms with Crippen molar-refractivity contribution in [3.05, 3.63) is 12.2 Å². The zero-order valence-corrected chi connectivity index (χ0v) is 13.7. The van der Waals surface area contributed by atoms with Crippen LogP contribution in [0, 0.1) is 11.8 Å². The fraction of sp³-hybridized carbons (Fsp3) is 0.882. The molecule has 0 aliphatic heterocycles. The van der Waals surface area contributed by atoms with Crippen LogP contribution in [0.15, 0.2) is 12.2 Å². The number of rotatable bonds is 9. The number of β-amino-alcohol motifs (C(OH)–C–C–N with tert-alkyl or cyclic N) is 1. The monoisotopic (exact) mass is 283 g/mol. The van der Waals surface area contributed by atoms with Crippen molar-refractivity contribution in [2.45, 2.75) is 65.0 Å². The Balaban J connectivity index is 2.13. The summed E-state index contributed by atoms with van der Waals surface area (Å²) in [5.41, 5.74) is 0.0956. The summed E-state index contributed by atoms with van der Waals surface area (Å²) < 4.78 is 5.71. The molecule has 0 aromatic rings. The van der Waals surface area contributed by atoms with Crippen molar-refractivity contribution in [1.29, 1.82) is 0 Å². The summed E-state index contributed by atoms with van der Waals surface area (Å²) in [4.78, 5) is 0. The molecule has 0 bridgehead atoms. The largest absolute Gasteiger partial charge is 0.389 e. The SMILES string of the molecule is CCCC(C)(C)NCC(O)COCC1CC=CCC1C. The Morgan fingerprint density at radius 2 is 2.05 bits per heavy atom. The van der Waals surface area contributed by atoms with E-state index in [4.69, 9.17) is 4.74 Å². The molecule has 3 unspecified atom stereocenters. The minimum atomic E-state index is -0.416. The van der Waals surface area contributed by atoms with E-state index < -0.39 is 6.10 Å². The molecule has 0 amide bonds. The molecule has 0 aromatic carbocycles. The molecule has 0 heterocycles. The van der Waals surface area contributed by atoms with E-state index >= 15 is 0 Å². The summed E-state index contributed by atoms with van der Waals surface area (Å²) in [5, 5.41) is 13.4. The smallest absolute Gasteiger partial charge is 0.0897 e. The average molecular weight is 283 g/mol. The first-order chi connectivity index (χ1) is 9.44. The number of hydrogen-bond acceptors (Lipinski definition) is 3. The average Bonchev–Trinajstić information content (AvgIpc) is 2.39. The molecule has 1 aliphatic rings. The van der Waals surface area contributed by atoms with Gasteiger partial charge in [-0.15, -0.1) is 0 Å². The fourth-order valence-electron chi connectivity index (χ4n) is 2.76. The minimum absolute atomic E-state index is 0.0956. The molecular formula is C17H33NO2. The second-order valence-electron chi connectivity index (χ2n) is 6.89. The Kier molecular flexibility index (Phi) is 7.78. The van der Waals surface area contributed by atoms with E-state index in [9.17, 15) is 5.11 Å². The van der Waals surface area contributed by atoms with Crippen molar-refractivity contribution in [2.24, 2.45) is 11.8 Å². The highest BCUT2D eigenvalue weighted by Gasteiger charge is 2.20. The van der Waals surface area contributed by atoms with Gasteiger partial charge in [0.15, 0.2) is 0 Å². The van der Waals surface area contributed by atoms with Crippen LogP contribution in [-0.4, -0.2) is 36.5 Å². The van der Waals surface area contributed by atoms with Gasteiger partial charge in [0.05, 0.1) is 19.3 Å². The zero-order valence-electron chi connectivity index (χ0n) is 13.7. The van der Waals surface area contributed by atoms with Gasteiger partial charge in [0, 0.05) is 12.1 Å². The van der Waals surface area contributed by atoms with Gasteiger partial charge in [0.2, 0.25) is 0 Å². The standard InChI is InChI=1S/C17H33NO2/c1-5-10-17(3,4)18-11-16(19)13-20-12-15-9-7-6-8-14(15)2/h6-7,14-16,18-19H,5,8-13H2,1-4H3. The molecule has 0 spiro atoms. The predicted octanol–water partition coefficient (Wildman–Crippen LogP) is 3.13. The number of hydrogen-bond donors (Lipinski definition) is 2. The van der Waals surface area contributed by atoms with E-state index in [0.717, 1.165) is 32.3 Å². The van der Waals surface area contributed by atoms with Gasteiger partial charge in [0.25, 0.3) is 0 Å². The third-order valence-electron chi connectivity index (χ3n) is 4.25. The number of allylic oxidation sites excluding steroid dienone is 2. The van der Waals surface area contributed by atoms with E-state index in [1.54, 1.807) is 0 Å². The van der Waals surface area contributed by atoms with Gasteiger partial charge in [0.1, 0.15) is 0 Å². The normalized spacial score (nSPS) is 24.9. The van der Waals surface area contributed by atoms with Gasteiger partial charge >= 0.3 is 0 Å². The van der Waals surface area contributed by atoms with Crippen LogP contribution in [0.25, 0.3) is 0 Å². The molecule has 2 N–H and O–H groups in total. The molecule has 1 rings (SSSR count). The van der Waals surface area contributed by atoms with Gasteiger partial charge in [-0.2, -0.15) is 0 Å². The molecule has 118 valence electrons. The molecule has 0 radical (unpaired) electrons. The Bertz CT molecular complexity index is 289. The Morgan fingerprint density at radius 1 is 1.35 bits per heavy atom. The summed E-state index contributed by atoms with van der Waals surface area (Å²) in [6.45, 7) is 10.6. The van der Waals surface area contributed by atoms with Crippen LogP contribution in [0.1, 0.15) is 53.4 Å². The first-order valence-electron chi connectivity index (χ1n) is 8.10. The highest BCUT2D eigenvalue weighted by atomic mass is 16.5. The maximum absolute atomic E-state index is 9.97. The van der Waals surface area contributed by atoms with Crippen LogP contribution in [0.5, 0.6) is 0 Å². The number of nitrogens with one attached hydrogen (secondary N) is 1. The lowest BCUT2D eigenvalue weighted by Crippen LogP contribution is -2.44. The van der Waals surface area contributed by atoms with Crippen LogP contribution < -0.4 is 5.32 Å². The molecule has 0 aromatic heterocycles. The maximum atomic E-state index is 9.97. The lowest BCUT2D eigenvalue weighted by atomic mass is 9.85. The summed E-state index contributed by atoms with van der Waals surface area (Å²) >= 11 is 0. The molecule has 1 aliphatic carbocycles. The van der Waals surface area contributed by atoms with E-state index in [2.05, 4.69) is 45.2 Å². The van der Waals surface area contributed by atoms with Gasteiger partial charge in [-0.25, -0.2) is 0 Å². The molecule has 3 atom stereocenters. The fourth-order valence-corrected chi connectivity index (χ4v) is 2.76. The molecule has 3 heteroatoms. The summed E-state index contributed by atoms with van der Waals surface area (Å²) in [7, 11) is 0. The van der Waals surface area contributed by atoms with Crippen molar-refractivity contribution < 1.29 is 9.84 Å². The maximum Gasteiger partial charge on any atom is 0.0897 e. The third-order valence-corrected chi connectivity index (χ3v) is 4.25.